The summed E-state index contributed by atoms with van der Waals surface area (Å²) in [6, 6.07) is 0. The van der Waals surface area contributed by atoms with Gasteiger partial charge in [0.05, 0.1) is 26.0 Å². The summed E-state index contributed by atoms with van der Waals surface area (Å²) in [6.07, 6.45) is -4.92. The van der Waals surface area contributed by atoms with Crippen molar-refractivity contribution in [1.82, 2.24) is 30.2 Å². The number of fused-ring (bicyclic) bond motifs is 1. The Morgan fingerprint density at radius 2 is 1.72 bits per heavy atom. The van der Waals surface area contributed by atoms with Crippen LogP contribution in [-0.2, 0) is 55.5 Å². The van der Waals surface area contributed by atoms with Gasteiger partial charge in [-0.2, -0.15) is 4.31 Å². The molecule has 0 saturated carbocycles. The summed E-state index contributed by atoms with van der Waals surface area (Å²) in [7, 11) is -16.5. The summed E-state index contributed by atoms with van der Waals surface area (Å²) < 4.78 is 62.2. The summed E-state index contributed by atoms with van der Waals surface area (Å²) in [6.45, 7) is 4.05. The van der Waals surface area contributed by atoms with Crippen LogP contribution in [0.4, 0.5) is 5.82 Å². The number of aliphatic hydroxyl groups excluding tert-OH is 2. The number of amides is 2. The number of phosphoric acid groups is 3. The van der Waals surface area contributed by atoms with Crippen molar-refractivity contribution in [2.24, 2.45) is 17.3 Å². The molecule has 1 aliphatic rings. The van der Waals surface area contributed by atoms with Crippen LogP contribution in [0.25, 0.3) is 11.2 Å². The number of aliphatic hydroxyl groups is 2. The van der Waals surface area contributed by atoms with Crippen LogP contribution < -0.4 is 16.4 Å². The number of carbonyl (C=O) groups is 4. The zero-order chi connectivity index (χ0) is 45.9. The minimum atomic E-state index is -5.60. The number of aliphatic carboxylic acids is 1. The molecule has 2 aromatic rings. The normalized spacial score (nSPS) is 21.9. The smallest absolute Gasteiger partial charge is 0.481 e. The van der Waals surface area contributed by atoms with Gasteiger partial charge in [0.2, 0.25) is 11.8 Å². The summed E-state index contributed by atoms with van der Waals surface area (Å²) in [5, 5.41) is 35.3. The number of carboxylic acids is 1. The number of nitrogens with one attached hydrogen (secondary N) is 2. The standard InChI is InChI=1S/C31H52N7O19P3S/c1-5-6-7-17(2)18(12-21(40)41)30(45)61-11-10-33-20(39)8-9-34-28(44)25(43)31(3,4)14-54-60(51,52)57-59(49,50)53-13-19-24(56-58(46,47)48)23(42)29(55-19)38-16-37-22-26(32)35-15-36-27(22)38/h15-19,23-25,29,42-43H,5-14H2,1-4H3,(H,33,39)(H,34,44)(H,40,41)(H,49,50)(H,51,52)(H2,32,35,36)(H2,46,47,48). The first-order chi connectivity index (χ1) is 28.3. The largest absolute Gasteiger partial charge is 0.481 e. The van der Waals surface area contributed by atoms with Crippen LogP contribution in [0.2, 0.25) is 0 Å². The number of ether oxygens (including phenoxy) is 1. The van der Waals surface area contributed by atoms with Crippen LogP contribution >= 0.6 is 35.2 Å². The zero-order valence-corrected chi connectivity index (χ0v) is 36.9. The van der Waals surface area contributed by atoms with E-state index < -0.39 is 96.4 Å². The maximum Gasteiger partial charge on any atom is 0.481 e. The average molecular weight is 952 g/mol. The Morgan fingerprint density at radius 3 is 2.36 bits per heavy atom. The monoisotopic (exact) mass is 951 g/mol. The van der Waals surface area contributed by atoms with Crippen molar-refractivity contribution >= 4 is 75.1 Å². The average Bonchev–Trinajstić information content (AvgIpc) is 3.72. The van der Waals surface area contributed by atoms with Crippen molar-refractivity contribution in [1.29, 1.82) is 0 Å². The third-order valence-electron chi connectivity index (χ3n) is 9.14. The lowest BCUT2D eigenvalue weighted by molar-refractivity contribution is -0.140. The van der Waals surface area contributed by atoms with Crippen molar-refractivity contribution in [3.8, 4) is 0 Å². The molecule has 0 aliphatic carbocycles. The maximum atomic E-state index is 12.7. The Labute approximate surface area is 353 Å². The van der Waals surface area contributed by atoms with E-state index in [1.165, 1.54) is 13.8 Å². The van der Waals surface area contributed by atoms with Gasteiger partial charge in [0.25, 0.3) is 0 Å². The maximum absolute atomic E-state index is 12.7. The number of carboxylic acid groups (broad SMARTS) is 1. The van der Waals surface area contributed by atoms with Crippen molar-refractivity contribution in [3.05, 3.63) is 12.7 Å². The topological polar surface area (TPSA) is 401 Å². The van der Waals surface area contributed by atoms with Crippen LogP contribution in [-0.4, -0.2) is 134 Å². The Balaban J connectivity index is 1.46. The van der Waals surface area contributed by atoms with Crippen LogP contribution in [0, 0.1) is 17.3 Å². The Kier molecular flexibility index (Phi) is 19.4. The lowest BCUT2D eigenvalue weighted by Crippen LogP contribution is -2.46. The van der Waals surface area contributed by atoms with E-state index in [0.717, 1.165) is 41.8 Å². The van der Waals surface area contributed by atoms with E-state index in [0.29, 0.717) is 6.42 Å². The fourth-order valence-corrected chi connectivity index (χ4v) is 9.59. The highest BCUT2D eigenvalue weighted by atomic mass is 32.2. The van der Waals surface area contributed by atoms with Gasteiger partial charge in [0.15, 0.2) is 22.8 Å². The molecule has 2 amide bonds. The molecule has 0 bridgehead atoms. The fourth-order valence-electron chi connectivity index (χ4n) is 5.82. The lowest BCUT2D eigenvalue weighted by Gasteiger charge is -2.30. The summed E-state index contributed by atoms with van der Waals surface area (Å²) in [4.78, 5) is 99.9. The summed E-state index contributed by atoms with van der Waals surface area (Å²) in [5.74, 6) is -3.26. The number of hydrogen-bond acceptors (Lipinski definition) is 19. The fraction of sp³-hybridized carbons (Fsp3) is 0.710. The molecule has 0 radical (unpaired) electrons. The molecule has 9 atom stereocenters. The number of rotatable bonds is 26. The SMILES string of the molecule is CCCCC(C)C(CC(=O)O)C(=O)SCCNC(=O)CCNC(=O)C(O)C(C)(C)COP(=O)(O)OP(=O)(O)OCC1OC(n2cnc3c(N)ncnc32)C(O)C1OP(=O)(O)O. The second kappa shape index (κ2) is 22.6. The number of nitrogen functional groups attached to an aromatic ring is 1. The molecule has 0 spiro atoms. The minimum absolute atomic E-state index is 0.0203. The predicted molar refractivity (Wildman–Crippen MR) is 212 cm³/mol. The number of anilines is 1. The number of nitrogens with two attached hydrogens (primary N) is 1. The van der Waals surface area contributed by atoms with Gasteiger partial charge in [-0.15, -0.1) is 0 Å². The molecule has 3 heterocycles. The highest BCUT2D eigenvalue weighted by molar-refractivity contribution is 8.13. The van der Waals surface area contributed by atoms with E-state index in [2.05, 4.69) is 34.4 Å². The van der Waals surface area contributed by atoms with E-state index >= 15 is 0 Å². The zero-order valence-electron chi connectivity index (χ0n) is 33.4. The first-order valence-corrected chi connectivity index (χ1v) is 24.1. The van der Waals surface area contributed by atoms with Crippen molar-refractivity contribution < 1.29 is 90.4 Å². The molecular formula is C31H52N7O19P3S. The van der Waals surface area contributed by atoms with E-state index in [4.69, 9.17) is 19.5 Å². The lowest BCUT2D eigenvalue weighted by atomic mass is 9.87. The van der Waals surface area contributed by atoms with Gasteiger partial charge in [0.1, 0.15) is 36.3 Å². The molecule has 26 nitrogen and oxygen atoms in total. The van der Waals surface area contributed by atoms with Gasteiger partial charge < -0.3 is 56.0 Å². The van der Waals surface area contributed by atoms with Gasteiger partial charge in [-0.05, 0) is 12.3 Å². The van der Waals surface area contributed by atoms with E-state index in [1.54, 1.807) is 0 Å². The molecule has 3 rings (SSSR count). The van der Waals surface area contributed by atoms with Gasteiger partial charge >= 0.3 is 29.4 Å². The van der Waals surface area contributed by atoms with Gasteiger partial charge in [-0.1, -0.05) is 52.3 Å². The highest BCUT2D eigenvalue weighted by Gasteiger charge is 2.50. The first-order valence-electron chi connectivity index (χ1n) is 18.5. The molecule has 30 heteroatoms. The molecule has 1 aliphatic heterocycles. The number of carbonyl (C=O) groups excluding carboxylic acids is 3. The van der Waals surface area contributed by atoms with E-state index in [1.807, 2.05) is 13.8 Å². The number of imidazole rings is 1. The Hall–Kier alpha value is -2.97. The van der Waals surface area contributed by atoms with E-state index in [-0.39, 0.29) is 59.7 Å². The van der Waals surface area contributed by atoms with Crippen molar-refractivity contribution in [3.63, 3.8) is 0 Å². The van der Waals surface area contributed by atoms with E-state index in [9.17, 15) is 67.8 Å². The van der Waals surface area contributed by atoms with Crippen LogP contribution in [0.5, 0.6) is 0 Å². The van der Waals surface area contributed by atoms with Gasteiger partial charge in [-0.25, -0.2) is 28.6 Å². The number of phosphoric ester groups is 3. The number of nitrogens with zero attached hydrogens (tertiary/aromatic N) is 4. The molecular weight excluding hydrogens is 899 g/mol. The summed E-state index contributed by atoms with van der Waals surface area (Å²) in [5.41, 5.74) is 4.21. The molecule has 1 saturated heterocycles. The molecule has 2 aromatic heterocycles. The Bertz CT molecular complexity index is 1990. The quantitative estimate of drug-likeness (QED) is 0.0455. The summed E-state index contributed by atoms with van der Waals surface area (Å²) >= 11 is 0.919. The molecule has 9 unspecified atom stereocenters. The second-order valence-electron chi connectivity index (χ2n) is 14.6. The number of unbranched alkanes of at least 4 members (excludes halogenated alkanes) is 1. The third-order valence-corrected chi connectivity index (χ3v) is 13.2. The molecule has 1 fully saturated rings. The van der Waals surface area contributed by atoms with Gasteiger partial charge in [0, 0.05) is 36.6 Å². The van der Waals surface area contributed by atoms with Crippen LogP contribution in [0.1, 0.15) is 66.0 Å². The number of hydrogen-bond donors (Lipinski definition) is 10. The van der Waals surface area contributed by atoms with Gasteiger partial charge in [-0.3, -0.25) is 37.3 Å². The minimum Gasteiger partial charge on any atom is -0.481 e. The van der Waals surface area contributed by atoms with Crippen LogP contribution in [0.15, 0.2) is 12.7 Å². The van der Waals surface area contributed by atoms with Crippen molar-refractivity contribution in [2.45, 2.75) is 90.4 Å². The molecule has 11 N–H and O–H groups in total. The predicted octanol–water partition coefficient (Wildman–Crippen LogP) is 0.582. The number of thioether (sulfide) groups is 1. The third kappa shape index (κ3) is 16.3. The molecule has 0 aromatic carbocycles. The Morgan fingerprint density at radius 1 is 1.05 bits per heavy atom. The second-order valence-corrected chi connectivity index (χ2v) is 19.9. The first kappa shape index (κ1) is 52.4. The molecule has 61 heavy (non-hydrogen) atoms. The number of aromatic nitrogens is 4. The van der Waals surface area contributed by atoms with Crippen molar-refractivity contribution in [2.75, 3.05) is 37.8 Å². The van der Waals surface area contributed by atoms with Crippen LogP contribution in [0.3, 0.4) is 0 Å². The highest BCUT2D eigenvalue weighted by Crippen LogP contribution is 2.61. The molecule has 346 valence electrons.